The summed E-state index contributed by atoms with van der Waals surface area (Å²) in [6.45, 7) is 0.753. The molecule has 1 N–H and O–H groups in total. The number of carbonyl (C=O) groups is 1. The summed E-state index contributed by atoms with van der Waals surface area (Å²) < 4.78 is 0. The standard InChI is InChI=1S/C14H16ClNO2/c15-13-6-2-1-4-11(13)7-8-14(18)16-9-3-5-12(16)10-17/h1-2,4,6-8,12,17H,3,5,9-10H2/t12-/m1/s1. The number of hydrogen-bond acceptors (Lipinski definition) is 2. The number of amides is 1. The first-order valence-electron chi connectivity index (χ1n) is 6.06. The molecule has 96 valence electrons. The number of rotatable bonds is 3. The summed E-state index contributed by atoms with van der Waals surface area (Å²) in [6.07, 6.45) is 5.08. The topological polar surface area (TPSA) is 40.5 Å². The summed E-state index contributed by atoms with van der Waals surface area (Å²) in [4.78, 5) is 13.7. The fourth-order valence-electron chi connectivity index (χ4n) is 2.18. The van der Waals surface area contributed by atoms with Crippen LogP contribution in [0.5, 0.6) is 0 Å². The highest BCUT2D eigenvalue weighted by atomic mass is 35.5. The maximum atomic E-state index is 12.0. The van der Waals surface area contributed by atoms with E-state index in [2.05, 4.69) is 0 Å². The SMILES string of the molecule is O=C(C=Cc1ccccc1Cl)N1CCC[C@@H]1CO. The van der Waals surface area contributed by atoms with Crippen LogP contribution in [-0.4, -0.2) is 35.1 Å². The van der Waals surface area contributed by atoms with Crippen molar-refractivity contribution in [1.29, 1.82) is 0 Å². The molecular formula is C14H16ClNO2. The Morgan fingerprint density at radius 3 is 3.00 bits per heavy atom. The van der Waals surface area contributed by atoms with Gasteiger partial charge in [-0.1, -0.05) is 29.8 Å². The van der Waals surface area contributed by atoms with Crippen LogP contribution in [0.15, 0.2) is 30.3 Å². The third-order valence-electron chi connectivity index (χ3n) is 3.18. The number of benzene rings is 1. The van der Waals surface area contributed by atoms with Crippen molar-refractivity contribution in [3.63, 3.8) is 0 Å². The minimum absolute atomic E-state index is 0.0334. The van der Waals surface area contributed by atoms with Gasteiger partial charge in [0.1, 0.15) is 0 Å². The molecule has 1 heterocycles. The Morgan fingerprint density at radius 1 is 1.50 bits per heavy atom. The molecule has 1 atom stereocenters. The fraction of sp³-hybridized carbons (Fsp3) is 0.357. The van der Waals surface area contributed by atoms with Gasteiger partial charge in [-0.25, -0.2) is 0 Å². The van der Waals surface area contributed by atoms with Crippen LogP contribution in [0.3, 0.4) is 0 Å². The predicted molar refractivity (Wildman–Crippen MR) is 72.3 cm³/mol. The van der Waals surface area contributed by atoms with E-state index < -0.39 is 0 Å². The Balaban J connectivity index is 2.05. The summed E-state index contributed by atoms with van der Waals surface area (Å²) in [5, 5.41) is 9.80. The van der Waals surface area contributed by atoms with E-state index in [1.807, 2.05) is 18.2 Å². The van der Waals surface area contributed by atoms with E-state index in [9.17, 15) is 9.90 Å². The number of nitrogens with zero attached hydrogens (tertiary/aromatic N) is 1. The van der Waals surface area contributed by atoms with Gasteiger partial charge < -0.3 is 10.0 Å². The van der Waals surface area contributed by atoms with Crippen LogP contribution in [0.25, 0.3) is 6.08 Å². The second-order valence-electron chi connectivity index (χ2n) is 4.37. The Labute approximate surface area is 112 Å². The molecule has 4 heteroatoms. The van der Waals surface area contributed by atoms with Crippen molar-refractivity contribution in [2.45, 2.75) is 18.9 Å². The lowest BCUT2D eigenvalue weighted by Gasteiger charge is -2.21. The fourth-order valence-corrected chi connectivity index (χ4v) is 2.38. The van der Waals surface area contributed by atoms with Gasteiger partial charge in [-0.15, -0.1) is 0 Å². The summed E-state index contributed by atoms with van der Waals surface area (Å²) in [7, 11) is 0. The van der Waals surface area contributed by atoms with Crippen LogP contribution in [0.4, 0.5) is 0 Å². The van der Waals surface area contributed by atoms with Gasteiger partial charge in [0.25, 0.3) is 0 Å². The first kappa shape index (κ1) is 13.1. The van der Waals surface area contributed by atoms with E-state index in [-0.39, 0.29) is 18.6 Å². The molecule has 18 heavy (non-hydrogen) atoms. The monoisotopic (exact) mass is 265 g/mol. The minimum atomic E-state index is -0.0635. The maximum absolute atomic E-state index is 12.0. The zero-order valence-electron chi connectivity index (χ0n) is 10.1. The molecule has 1 aromatic carbocycles. The zero-order valence-corrected chi connectivity index (χ0v) is 10.8. The van der Waals surface area contributed by atoms with E-state index in [0.29, 0.717) is 5.02 Å². The van der Waals surface area contributed by atoms with Gasteiger partial charge in [0, 0.05) is 17.6 Å². The van der Waals surface area contributed by atoms with Crippen LogP contribution in [0, 0.1) is 0 Å². The van der Waals surface area contributed by atoms with Crippen molar-refractivity contribution >= 4 is 23.6 Å². The summed E-state index contributed by atoms with van der Waals surface area (Å²) >= 11 is 6.01. The molecule has 1 saturated heterocycles. The molecule has 3 nitrogen and oxygen atoms in total. The molecule has 0 aromatic heterocycles. The van der Waals surface area contributed by atoms with Gasteiger partial charge in [-0.2, -0.15) is 0 Å². The van der Waals surface area contributed by atoms with E-state index >= 15 is 0 Å². The largest absolute Gasteiger partial charge is 0.394 e. The van der Waals surface area contributed by atoms with Crippen molar-refractivity contribution < 1.29 is 9.90 Å². The van der Waals surface area contributed by atoms with Crippen LogP contribution < -0.4 is 0 Å². The van der Waals surface area contributed by atoms with Crippen LogP contribution in [-0.2, 0) is 4.79 Å². The molecule has 0 unspecified atom stereocenters. The normalized spacial score (nSPS) is 19.7. The van der Waals surface area contributed by atoms with Crippen molar-refractivity contribution in [3.8, 4) is 0 Å². The third kappa shape index (κ3) is 2.92. The van der Waals surface area contributed by atoms with E-state index in [4.69, 9.17) is 11.6 Å². The lowest BCUT2D eigenvalue weighted by Crippen LogP contribution is -2.36. The Morgan fingerprint density at radius 2 is 2.28 bits per heavy atom. The summed E-state index contributed by atoms with van der Waals surface area (Å²) in [5.41, 5.74) is 0.826. The molecular weight excluding hydrogens is 250 g/mol. The Hall–Kier alpha value is -1.32. The molecule has 0 saturated carbocycles. The number of aliphatic hydroxyl groups excluding tert-OH is 1. The van der Waals surface area contributed by atoms with Gasteiger partial charge >= 0.3 is 0 Å². The molecule has 1 fully saturated rings. The molecule has 2 rings (SSSR count). The van der Waals surface area contributed by atoms with Gasteiger partial charge in [0.15, 0.2) is 0 Å². The minimum Gasteiger partial charge on any atom is -0.394 e. The highest BCUT2D eigenvalue weighted by Crippen LogP contribution is 2.19. The first-order valence-corrected chi connectivity index (χ1v) is 6.44. The highest BCUT2D eigenvalue weighted by Gasteiger charge is 2.26. The average Bonchev–Trinajstić information content (AvgIpc) is 2.86. The Kier molecular flexibility index (Phi) is 4.39. The molecule has 1 aliphatic rings. The number of hydrogen-bond donors (Lipinski definition) is 1. The zero-order chi connectivity index (χ0) is 13.0. The Bertz CT molecular complexity index is 459. The summed E-state index contributed by atoms with van der Waals surface area (Å²) in [6, 6.07) is 7.34. The maximum Gasteiger partial charge on any atom is 0.246 e. The lowest BCUT2D eigenvalue weighted by molar-refractivity contribution is -0.127. The first-order chi connectivity index (χ1) is 8.72. The smallest absolute Gasteiger partial charge is 0.246 e. The van der Waals surface area contributed by atoms with Crippen LogP contribution >= 0.6 is 11.6 Å². The second kappa shape index (κ2) is 6.03. The van der Waals surface area contributed by atoms with Crippen molar-refractivity contribution in [3.05, 3.63) is 40.9 Å². The van der Waals surface area contributed by atoms with E-state index in [1.54, 1.807) is 17.0 Å². The average molecular weight is 266 g/mol. The molecule has 0 aliphatic carbocycles. The second-order valence-corrected chi connectivity index (χ2v) is 4.77. The van der Waals surface area contributed by atoms with Crippen LogP contribution in [0.1, 0.15) is 18.4 Å². The predicted octanol–water partition coefficient (Wildman–Crippen LogP) is 2.34. The van der Waals surface area contributed by atoms with Crippen molar-refractivity contribution in [1.82, 2.24) is 4.90 Å². The molecule has 0 spiro atoms. The van der Waals surface area contributed by atoms with E-state index in [0.717, 1.165) is 24.9 Å². The number of halogens is 1. The molecule has 0 bridgehead atoms. The van der Waals surface area contributed by atoms with Crippen molar-refractivity contribution in [2.75, 3.05) is 13.2 Å². The van der Waals surface area contributed by atoms with Gasteiger partial charge in [-0.05, 0) is 30.5 Å². The number of likely N-dealkylation sites (tertiary alicyclic amines) is 1. The quantitative estimate of drug-likeness (QED) is 0.853. The number of aliphatic hydroxyl groups is 1. The summed E-state index contributed by atoms with van der Waals surface area (Å²) in [5.74, 6) is -0.0635. The molecule has 1 aliphatic heterocycles. The van der Waals surface area contributed by atoms with Crippen LogP contribution in [0.2, 0.25) is 5.02 Å². The van der Waals surface area contributed by atoms with Gasteiger partial charge in [0.2, 0.25) is 5.91 Å². The van der Waals surface area contributed by atoms with Gasteiger partial charge in [0.05, 0.1) is 12.6 Å². The van der Waals surface area contributed by atoms with E-state index in [1.165, 1.54) is 6.08 Å². The third-order valence-corrected chi connectivity index (χ3v) is 3.53. The molecule has 1 aromatic rings. The van der Waals surface area contributed by atoms with Crippen molar-refractivity contribution in [2.24, 2.45) is 0 Å². The molecule has 1 amide bonds. The number of carbonyl (C=O) groups excluding carboxylic acids is 1. The highest BCUT2D eigenvalue weighted by molar-refractivity contribution is 6.32. The lowest BCUT2D eigenvalue weighted by atomic mass is 10.2. The van der Waals surface area contributed by atoms with Gasteiger partial charge in [-0.3, -0.25) is 4.79 Å². The molecule has 0 radical (unpaired) electrons.